The zero-order valence-electron chi connectivity index (χ0n) is 30.7. The second-order valence-corrected chi connectivity index (χ2v) is 18.7. The van der Waals surface area contributed by atoms with Gasteiger partial charge in [0.1, 0.15) is 18.1 Å². The highest BCUT2D eigenvalue weighted by Crippen LogP contribution is 2.58. The second kappa shape index (κ2) is 17.2. The van der Waals surface area contributed by atoms with Crippen molar-refractivity contribution in [2.45, 2.75) is 135 Å². The maximum absolute atomic E-state index is 13.9. The number of nitrogens with zero attached hydrogens (tertiary/aromatic N) is 3. The lowest BCUT2D eigenvalue weighted by molar-refractivity contribution is -0.133. The molecule has 1 aromatic rings. The van der Waals surface area contributed by atoms with Gasteiger partial charge in [0.05, 0.1) is 4.75 Å². The molecule has 4 saturated carbocycles. The van der Waals surface area contributed by atoms with Crippen LogP contribution < -0.4 is 16.0 Å². The standard InChI is InChI=1S/C38H58N6O5S/c1-24(2)14-31(12-13-50(48,49)38-21-28-17-29(22-38)19-30(18-28)23-38)40-35(45)32(15-25(3)4)41-36(46)33(16-26(5)6)42-37(47)34(43-44-39)20-27-10-8-7-9-11-27/h7-13,24-26,28-34H,14-23H2,1-6H3,(H,40,45)(H,41,46)(H,42,47)/b13-12+/t28?,29?,30?,31-,32+,33+,34+,38?/m1/s1. The van der Waals surface area contributed by atoms with Crippen molar-refractivity contribution in [2.24, 2.45) is 40.6 Å². The molecule has 0 heterocycles. The van der Waals surface area contributed by atoms with E-state index in [1.165, 1.54) is 5.41 Å². The summed E-state index contributed by atoms with van der Waals surface area (Å²) in [7, 11) is -3.54. The van der Waals surface area contributed by atoms with Crippen LogP contribution in [-0.2, 0) is 30.6 Å². The van der Waals surface area contributed by atoms with E-state index in [1.807, 2.05) is 71.9 Å². The first-order valence-corrected chi connectivity index (χ1v) is 20.1. The van der Waals surface area contributed by atoms with Crippen molar-refractivity contribution in [1.82, 2.24) is 16.0 Å². The fourth-order valence-electron chi connectivity index (χ4n) is 8.73. The Labute approximate surface area is 298 Å². The molecule has 4 aliphatic rings. The van der Waals surface area contributed by atoms with Crippen LogP contribution in [0.4, 0.5) is 0 Å². The highest BCUT2D eigenvalue weighted by molar-refractivity contribution is 7.95. The summed E-state index contributed by atoms with van der Waals surface area (Å²) in [5.41, 5.74) is 9.97. The van der Waals surface area contributed by atoms with Crippen LogP contribution in [0.15, 0.2) is 46.9 Å². The van der Waals surface area contributed by atoms with Crippen LogP contribution in [-0.4, -0.2) is 55.1 Å². The van der Waals surface area contributed by atoms with Crippen LogP contribution in [0.25, 0.3) is 10.4 Å². The molecule has 4 aliphatic carbocycles. The minimum atomic E-state index is -3.54. The lowest BCUT2D eigenvalue weighted by Gasteiger charge is -2.55. The monoisotopic (exact) mass is 710 g/mol. The van der Waals surface area contributed by atoms with E-state index in [0.29, 0.717) is 37.0 Å². The molecule has 0 unspecified atom stereocenters. The summed E-state index contributed by atoms with van der Waals surface area (Å²) in [6.45, 7) is 11.8. The maximum Gasteiger partial charge on any atom is 0.243 e. The maximum atomic E-state index is 13.9. The lowest BCUT2D eigenvalue weighted by atomic mass is 9.56. The van der Waals surface area contributed by atoms with Crippen molar-refractivity contribution in [1.29, 1.82) is 0 Å². The summed E-state index contributed by atoms with van der Waals surface area (Å²) in [5, 5.41) is 13.8. The predicted molar refractivity (Wildman–Crippen MR) is 196 cm³/mol. The van der Waals surface area contributed by atoms with Gasteiger partial charge in [-0.25, -0.2) is 8.42 Å². The Morgan fingerprint density at radius 1 is 0.800 bits per heavy atom. The van der Waals surface area contributed by atoms with Crippen molar-refractivity contribution >= 4 is 27.6 Å². The highest BCUT2D eigenvalue weighted by Gasteiger charge is 2.56. The summed E-state index contributed by atoms with van der Waals surface area (Å²) in [4.78, 5) is 43.8. The Morgan fingerprint density at radius 2 is 1.28 bits per heavy atom. The van der Waals surface area contributed by atoms with Gasteiger partial charge in [-0.2, -0.15) is 0 Å². The summed E-state index contributed by atoms with van der Waals surface area (Å²) < 4.78 is 27.1. The molecule has 3 N–H and O–H groups in total. The van der Waals surface area contributed by atoms with Crippen molar-refractivity contribution in [2.75, 3.05) is 0 Å². The van der Waals surface area contributed by atoms with Gasteiger partial charge < -0.3 is 16.0 Å². The molecule has 1 aromatic carbocycles. The first-order valence-electron chi connectivity index (χ1n) is 18.5. The highest BCUT2D eigenvalue weighted by atomic mass is 32.2. The fraction of sp³-hybridized carbons (Fsp3) is 0.711. The van der Waals surface area contributed by atoms with E-state index in [2.05, 4.69) is 26.0 Å². The zero-order valence-corrected chi connectivity index (χ0v) is 31.5. The van der Waals surface area contributed by atoms with Crippen molar-refractivity contribution < 1.29 is 22.8 Å². The van der Waals surface area contributed by atoms with Crippen LogP contribution in [0, 0.1) is 35.5 Å². The van der Waals surface area contributed by atoms with Gasteiger partial charge in [-0.1, -0.05) is 83.1 Å². The Hall–Kier alpha value is -3.37. The molecule has 0 aliphatic heterocycles. The fourth-order valence-corrected chi connectivity index (χ4v) is 10.8. The molecule has 12 heteroatoms. The Morgan fingerprint density at radius 3 is 1.76 bits per heavy atom. The number of sulfone groups is 1. The Bertz CT molecular complexity index is 1480. The molecule has 11 nitrogen and oxygen atoms in total. The minimum absolute atomic E-state index is 0.0342. The van der Waals surface area contributed by atoms with Crippen LogP contribution in [0.2, 0.25) is 0 Å². The molecular weight excluding hydrogens is 653 g/mol. The molecule has 5 rings (SSSR count). The normalized spacial score (nSPS) is 25.3. The van der Waals surface area contributed by atoms with E-state index in [9.17, 15) is 22.8 Å². The molecule has 0 aromatic heterocycles. The zero-order chi connectivity index (χ0) is 36.6. The Balaban J connectivity index is 1.47. The van der Waals surface area contributed by atoms with E-state index < -0.39 is 56.5 Å². The summed E-state index contributed by atoms with van der Waals surface area (Å²) >= 11 is 0. The number of carbonyl (C=O) groups excluding carboxylic acids is 3. The van der Waals surface area contributed by atoms with Crippen LogP contribution in [0.1, 0.15) is 105 Å². The molecular formula is C38H58N6O5S. The van der Waals surface area contributed by atoms with Crippen LogP contribution in [0.3, 0.4) is 0 Å². The summed E-state index contributed by atoms with van der Waals surface area (Å²) in [5.74, 6) is 0.271. The molecule has 276 valence electrons. The minimum Gasteiger partial charge on any atom is -0.348 e. The second-order valence-electron chi connectivity index (χ2n) is 16.5. The van der Waals surface area contributed by atoms with E-state index in [4.69, 9.17) is 5.53 Å². The van der Waals surface area contributed by atoms with Crippen molar-refractivity contribution in [3.63, 3.8) is 0 Å². The SMILES string of the molecule is CC(C)C[C@@H](/C=C/S(=O)(=O)C12CC3CC(CC(C3)C1)C2)NC(=O)[C@H](CC(C)C)NC(=O)[C@H](CC(C)C)NC(=O)[C@H](Cc1ccccc1)N=[N+]=[N-]. The molecule has 4 fully saturated rings. The van der Waals surface area contributed by atoms with E-state index in [1.54, 1.807) is 6.08 Å². The third-order valence-electron chi connectivity index (χ3n) is 10.6. The molecule has 0 spiro atoms. The van der Waals surface area contributed by atoms with Gasteiger partial charge >= 0.3 is 0 Å². The van der Waals surface area contributed by atoms with Crippen molar-refractivity contribution in [3.8, 4) is 0 Å². The topological polar surface area (TPSA) is 170 Å². The number of hydrogen-bond acceptors (Lipinski definition) is 6. The molecule has 4 atom stereocenters. The third-order valence-corrected chi connectivity index (χ3v) is 12.8. The van der Waals surface area contributed by atoms with Gasteiger partial charge in [0.25, 0.3) is 0 Å². The van der Waals surface area contributed by atoms with E-state index in [0.717, 1.165) is 44.1 Å². The van der Waals surface area contributed by atoms with Gasteiger partial charge in [-0.3, -0.25) is 14.4 Å². The number of nitrogens with one attached hydrogen (secondary N) is 3. The molecule has 4 bridgehead atoms. The third kappa shape index (κ3) is 10.6. The number of azide groups is 1. The van der Waals surface area contributed by atoms with Crippen LogP contribution >= 0.6 is 0 Å². The largest absolute Gasteiger partial charge is 0.348 e. The predicted octanol–water partition coefficient (Wildman–Crippen LogP) is 6.40. The average Bonchev–Trinajstić information content (AvgIpc) is 3.02. The quantitative estimate of drug-likeness (QED) is 0.0908. The first kappa shape index (κ1) is 39.4. The molecule has 3 amide bonds. The van der Waals surface area contributed by atoms with Gasteiger partial charge in [0.2, 0.25) is 17.7 Å². The number of amides is 3. The average molecular weight is 711 g/mol. The number of hydrogen-bond donors (Lipinski definition) is 3. The smallest absolute Gasteiger partial charge is 0.243 e. The van der Waals surface area contributed by atoms with Crippen LogP contribution in [0.5, 0.6) is 0 Å². The molecule has 0 radical (unpaired) electrons. The summed E-state index contributed by atoms with van der Waals surface area (Å²) in [6, 6.07) is 5.72. The first-order chi connectivity index (χ1) is 23.6. The van der Waals surface area contributed by atoms with Gasteiger partial charge in [-0.15, -0.1) is 0 Å². The number of rotatable bonds is 18. The van der Waals surface area contributed by atoms with Gasteiger partial charge in [0, 0.05) is 16.4 Å². The molecule has 0 saturated heterocycles. The number of carbonyl (C=O) groups is 3. The van der Waals surface area contributed by atoms with E-state index >= 15 is 0 Å². The van der Waals surface area contributed by atoms with Crippen molar-refractivity contribution in [3.05, 3.63) is 57.8 Å². The van der Waals surface area contributed by atoms with Gasteiger partial charge in [-0.05, 0) is 111 Å². The number of benzene rings is 1. The molecule has 50 heavy (non-hydrogen) atoms. The van der Waals surface area contributed by atoms with E-state index in [-0.39, 0.29) is 24.2 Å². The van der Waals surface area contributed by atoms with Gasteiger partial charge in [0.15, 0.2) is 9.84 Å². The Kier molecular flexibility index (Phi) is 13.6. The summed E-state index contributed by atoms with van der Waals surface area (Å²) in [6.07, 6.45) is 8.67. The lowest BCUT2D eigenvalue weighted by Crippen LogP contribution is -2.56.